The number of halogens is 4. The van der Waals surface area contributed by atoms with Gasteiger partial charge in [0.25, 0.3) is 11.9 Å². The lowest BCUT2D eigenvalue weighted by Gasteiger charge is -2.22. The summed E-state index contributed by atoms with van der Waals surface area (Å²) in [6.45, 7) is 6.81. The molecule has 0 atom stereocenters. The van der Waals surface area contributed by atoms with Crippen LogP contribution in [-0.4, -0.2) is 18.1 Å². The van der Waals surface area contributed by atoms with Gasteiger partial charge in [0, 0.05) is 13.1 Å². The van der Waals surface area contributed by atoms with Crippen molar-refractivity contribution in [1.29, 1.82) is 0 Å². The molecule has 17 heavy (non-hydrogen) atoms. The normalized spacial score (nSPS) is 10.1. The minimum absolute atomic E-state index is 0.0166. The molecule has 1 aromatic rings. The lowest BCUT2D eigenvalue weighted by molar-refractivity contribution is 0.407. The zero-order chi connectivity index (χ0) is 13.0. The number of aromatic nitrogens is 1. The first kappa shape index (κ1) is 13.2. The molecule has 0 aliphatic carbocycles. The monoisotopic (exact) mass is 246 g/mol. The SMILES string of the molecule is C=CCN(CC=C)c1c(F)c(F)nc(F)c1F. The van der Waals surface area contributed by atoms with Crippen LogP contribution in [0.25, 0.3) is 0 Å². The Balaban J connectivity index is 3.34. The number of nitrogens with zero attached hydrogens (tertiary/aromatic N) is 2. The fourth-order valence-corrected chi connectivity index (χ4v) is 1.32. The minimum atomic E-state index is -1.68. The highest BCUT2D eigenvalue weighted by molar-refractivity contribution is 5.49. The second kappa shape index (κ2) is 5.47. The van der Waals surface area contributed by atoms with E-state index in [4.69, 9.17) is 0 Å². The molecular formula is C11H10F4N2. The first-order chi connectivity index (χ1) is 8.02. The van der Waals surface area contributed by atoms with Crippen molar-refractivity contribution in [3.63, 3.8) is 0 Å². The van der Waals surface area contributed by atoms with Gasteiger partial charge in [0.05, 0.1) is 0 Å². The van der Waals surface area contributed by atoms with Crippen LogP contribution in [-0.2, 0) is 0 Å². The van der Waals surface area contributed by atoms with Crippen LogP contribution in [0.3, 0.4) is 0 Å². The number of hydrogen-bond acceptors (Lipinski definition) is 2. The van der Waals surface area contributed by atoms with Gasteiger partial charge in [-0.1, -0.05) is 12.2 Å². The van der Waals surface area contributed by atoms with E-state index >= 15 is 0 Å². The molecule has 0 unspecified atom stereocenters. The molecule has 0 N–H and O–H groups in total. The van der Waals surface area contributed by atoms with Gasteiger partial charge in [0.2, 0.25) is 11.6 Å². The van der Waals surface area contributed by atoms with Gasteiger partial charge in [0.1, 0.15) is 5.69 Å². The van der Waals surface area contributed by atoms with E-state index in [-0.39, 0.29) is 13.1 Å². The Morgan fingerprint density at radius 2 is 1.35 bits per heavy atom. The quantitative estimate of drug-likeness (QED) is 0.451. The largest absolute Gasteiger partial charge is 0.359 e. The lowest BCUT2D eigenvalue weighted by atomic mass is 10.3. The fourth-order valence-electron chi connectivity index (χ4n) is 1.32. The second-order valence-electron chi connectivity index (χ2n) is 3.15. The van der Waals surface area contributed by atoms with Crippen molar-refractivity contribution < 1.29 is 17.6 Å². The van der Waals surface area contributed by atoms with E-state index in [0.29, 0.717) is 0 Å². The summed E-state index contributed by atoms with van der Waals surface area (Å²) in [5.74, 6) is -6.44. The van der Waals surface area contributed by atoms with E-state index in [9.17, 15) is 17.6 Å². The summed E-state index contributed by atoms with van der Waals surface area (Å²) in [4.78, 5) is 3.53. The van der Waals surface area contributed by atoms with Gasteiger partial charge in [-0.15, -0.1) is 13.2 Å². The summed E-state index contributed by atoms with van der Waals surface area (Å²) in [7, 11) is 0. The van der Waals surface area contributed by atoms with E-state index in [1.807, 2.05) is 0 Å². The molecule has 92 valence electrons. The second-order valence-corrected chi connectivity index (χ2v) is 3.15. The zero-order valence-corrected chi connectivity index (χ0v) is 8.89. The molecule has 0 aliphatic rings. The summed E-state index contributed by atoms with van der Waals surface area (Å²) >= 11 is 0. The molecule has 2 nitrogen and oxygen atoms in total. The van der Waals surface area contributed by atoms with Crippen LogP contribution in [0.4, 0.5) is 23.2 Å². The van der Waals surface area contributed by atoms with Crippen molar-refractivity contribution in [2.45, 2.75) is 0 Å². The predicted molar refractivity (Wildman–Crippen MR) is 56.7 cm³/mol. The third kappa shape index (κ3) is 2.64. The van der Waals surface area contributed by atoms with Crippen molar-refractivity contribution in [2.24, 2.45) is 0 Å². The van der Waals surface area contributed by atoms with Crippen LogP contribution in [0.2, 0.25) is 0 Å². The van der Waals surface area contributed by atoms with Gasteiger partial charge in [-0.3, -0.25) is 0 Å². The smallest absolute Gasteiger partial charge is 0.253 e. The van der Waals surface area contributed by atoms with Gasteiger partial charge in [0.15, 0.2) is 0 Å². The molecular weight excluding hydrogens is 236 g/mol. The molecule has 0 fully saturated rings. The Morgan fingerprint density at radius 3 is 1.71 bits per heavy atom. The van der Waals surface area contributed by atoms with E-state index in [0.717, 1.165) is 4.90 Å². The van der Waals surface area contributed by atoms with Crippen molar-refractivity contribution in [1.82, 2.24) is 4.98 Å². The molecule has 0 aliphatic heterocycles. The summed E-state index contributed by atoms with van der Waals surface area (Å²) < 4.78 is 52.5. The molecule has 0 saturated carbocycles. The maximum atomic E-state index is 13.4. The van der Waals surface area contributed by atoms with Crippen LogP contribution in [0, 0.1) is 23.5 Å². The third-order valence-corrected chi connectivity index (χ3v) is 1.99. The Kier molecular flexibility index (Phi) is 4.25. The number of hydrogen-bond donors (Lipinski definition) is 0. The molecule has 0 aromatic carbocycles. The lowest BCUT2D eigenvalue weighted by Crippen LogP contribution is -2.26. The van der Waals surface area contributed by atoms with Crippen LogP contribution in [0.15, 0.2) is 25.3 Å². The average molecular weight is 246 g/mol. The Labute approximate surface area is 95.9 Å². The Bertz CT molecular complexity index is 409. The highest BCUT2D eigenvalue weighted by Gasteiger charge is 2.24. The van der Waals surface area contributed by atoms with E-state index < -0.39 is 29.2 Å². The van der Waals surface area contributed by atoms with Gasteiger partial charge >= 0.3 is 0 Å². The highest BCUT2D eigenvalue weighted by Crippen LogP contribution is 2.26. The standard InChI is InChI=1S/C11H10F4N2/c1-3-5-17(6-4-2)9-7(12)10(14)16-11(15)8(9)13/h3-4H,1-2,5-6H2. The molecule has 1 aromatic heterocycles. The molecule has 0 bridgehead atoms. The molecule has 0 saturated heterocycles. The third-order valence-electron chi connectivity index (χ3n) is 1.99. The number of anilines is 1. The predicted octanol–water partition coefficient (Wildman–Crippen LogP) is 2.82. The van der Waals surface area contributed by atoms with Crippen LogP contribution in [0.5, 0.6) is 0 Å². The Hall–Kier alpha value is -1.85. The molecule has 1 rings (SSSR count). The van der Waals surface area contributed by atoms with Gasteiger partial charge in [-0.05, 0) is 0 Å². The van der Waals surface area contributed by atoms with Crippen molar-refractivity contribution >= 4 is 5.69 Å². The van der Waals surface area contributed by atoms with E-state index in [1.54, 1.807) is 0 Å². The zero-order valence-electron chi connectivity index (χ0n) is 8.89. The molecule has 6 heteroatoms. The topological polar surface area (TPSA) is 16.1 Å². The summed E-state index contributed by atoms with van der Waals surface area (Å²) in [6, 6.07) is 0. The summed E-state index contributed by atoms with van der Waals surface area (Å²) in [6.07, 6.45) is 2.69. The fraction of sp³-hybridized carbons (Fsp3) is 0.182. The minimum Gasteiger partial charge on any atom is -0.359 e. The molecule has 1 heterocycles. The first-order valence-corrected chi connectivity index (χ1v) is 4.69. The molecule has 0 radical (unpaired) electrons. The van der Waals surface area contributed by atoms with Gasteiger partial charge < -0.3 is 4.90 Å². The summed E-state index contributed by atoms with van der Waals surface area (Å²) in [5.41, 5.74) is -0.810. The van der Waals surface area contributed by atoms with Crippen LogP contribution >= 0.6 is 0 Å². The average Bonchev–Trinajstić information content (AvgIpc) is 2.27. The van der Waals surface area contributed by atoms with E-state index in [1.165, 1.54) is 12.2 Å². The van der Waals surface area contributed by atoms with Crippen molar-refractivity contribution in [3.8, 4) is 0 Å². The van der Waals surface area contributed by atoms with Crippen LogP contribution < -0.4 is 4.90 Å². The number of pyridine rings is 1. The highest BCUT2D eigenvalue weighted by atomic mass is 19.2. The first-order valence-electron chi connectivity index (χ1n) is 4.69. The van der Waals surface area contributed by atoms with E-state index in [2.05, 4.69) is 18.1 Å². The number of rotatable bonds is 5. The summed E-state index contributed by atoms with van der Waals surface area (Å²) in [5, 5.41) is 0. The van der Waals surface area contributed by atoms with Crippen molar-refractivity contribution in [2.75, 3.05) is 18.0 Å². The molecule has 0 amide bonds. The van der Waals surface area contributed by atoms with Gasteiger partial charge in [-0.2, -0.15) is 22.5 Å². The maximum Gasteiger partial charge on any atom is 0.253 e. The van der Waals surface area contributed by atoms with Crippen LogP contribution in [0.1, 0.15) is 0 Å². The van der Waals surface area contributed by atoms with Crippen molar-refractivity contribution in [3.05, 3.63) is 48.8 Å². The van der Waals surface area contributed by atoms with Gasteiger partial charge in [-0.25, -0.2) is 0 Å². The Morgan fingerprint density at radius 1 is 0.941 bits per heavy atom. The molecule has 0 spiro atoms. The maximum absolute atomic E-state index is 13.4.